The molecule has 3 aromatic heterocycles. The summed E-state index contributed by atoms with van der Waals surface area (Å²) in [5.74, 6) is 1.20. The van der Waals surface area contributed by atoms with Gasteiger partial charge < -0.3 is 20.3 Å². The molecule has 3 amide bonds. The van der Waals surface area contributed by atoms with Crippen LogP contribution in [0.1, 0.15) is 22.5 Å². The molecule has 5 heterocycles. The number of anilines is 3. The molecule has 0 spiro atoms. The van der Waals surface area contributed by atoms with Crippen LogP contribution in [0.25, 0.3) is 10.2 Å². The van der Waals surface area contributed by atoms with Crippen molar-refractivity contribution in [2.45, 2.75) is 18.9 Å². The Morgan fingerprint density at radius 3 is 2.65 bits per heavy atom. The third-order valence-electron chi connectivity index (χ3n) is 6.71. The van der Waals surface area contributed by atoms with Crippen molar-refractivity contribution in [1.29, 1.82) is 0 Å². The highest BCUT2D eigenvalue weighted by Gasteiger charge is 2.34. The lowest BCUT2D eigenvalue weighted by Crippen LogP contribution is -2.47. The molecule has 2 N–H and O–H groups in total. The van der Waals surface area contributed by atoms with E-state index in [-0.39, 0.29) is 18.0 Å². The number of amides is 3. The Kier molecular flexibility index (Phi) is 8.07. The van der Waals surface area contributed by atoms with Crippen LogP contribution in [0.2, 0.25) is 0 Å². The van der Waals surface area contributed by atoms with Crippen molar-refractivity contribution in [2.24, 2.45) is 0 Å². The molecule has 0 saturated carbocycles. The Hall–Kier alpha value is -4.70. The highest BCUT2D eigenvalue weighted by Crippen LogP contribution is 2.45. The first-order valence-electron chi connectivity index (χ1n) is 12.9. The molecule has 204 valence electrons. The number of carbonyl (C=O) groups excluding carboxylic acids is 2. The highest BCUT2D eigenvalue weighted by atomic mass is 32.1. The minimum absolute atomic E-state index is 0.0119. The van der Waals surface area contributed by atoms with E-state index in [9.17, 15) is 9.59 Å². The van der Waals surface area contributed by atoms with Crippen LogP contribution in [0.3, 0.4) is 0 Å². The average molecular weight is 555 g/mol. The van der Waals surface area contributed by atoms with Crippen LogP contribution in [0.4, 0.5) is 22.0 Å². The number of thiophene rings is 1. The largest absolute Gasteiger partial charge is 0.497 e. The first kappa shape index (κ1) is 26.9. The molecule has 2 aliphatic rings. The topological polar surface area (TPSA) is 99.7 Å². The summed E-state index contributed by atoms with van der Waals surface area (Å²) in [7, 11) is 1.66. The summed E-state index contributed by atoms with van der Waals surface area (Å²) in [5, 5.41) is 6.77. The summed E-state index contributed by atoms with van der Waals surface area (Å²) >= 11 is 1.28. The molecule has 0 radical (unpaired) electrons. The van der Waals surface area contributed by atoms with Gasteiger partial charge in [-0.15, -0.1) is 11.3 Å². The molecule has 1 unspecified atom stereocenters. The van der Waals surface area contributed by atoms with Crippen molar-refractivity contribution in [3.63, 3.8) is 0 Å². The summed E-state index contributed by atoms with van der Waals surface area (Å²) in [6.45, 7) is 9.38. The standard InChI is InChI=1S/C23H22N6O2S.C7H8O/c1-3-14(2)28-12-6-7-15(13-28)26-21(30)20-19-18-16(9-11-25-22(18)32-20)29(23(31)27-19)17-8-4-5-10-24-17;1-8-7-5-3-2-4-6-7/h3-5,8-11,15H,1-2,6-7,12-13H2,(H,26,30)(H,27,31);2-6H,1H3. The number of carbonyl (C=O) groups is 2. The Morgan fingerprint density at radius 1 is 1.15 bits per heavy atom. The number of methoxy groups -OCH3 is 1. The Morgan fingerprint density at radius 2 is 1.95 bits per heavy atom. The van der Waals surface area contributed by atoms with Crippen molar-refractivity contribution in [3.8, 4) is 5.75 Å². The number of urea groups is 1. The quantitative estimate of drug-likeness (QED) is 0.285. The van der Waals surface area contributed by atoms with Crippen molar-refractivity contribution < 1.29 is 14.3 Å². The van der Waals surface area contributed by atoms with Crippen molar-refractivity contribution in [1.82, 2.24) is 20.2 Å². The molecule has 1 saturated heterocycles. The maximum absolute atomic E-state index is 13.2. The summed E-state index contributed by atoms with van der Waals surface area (Å²) in [6.07, 6.45) is 6.86. The van der Waals surface area contributed by atoms with E-state index in [1.54, 1.807) is 43.8 Å². The van der Waals surface area contributed by atoms with E-state index in [4.69, 9.17) is 4.74 Å². The number of ether oxygens (including phenoxy) is 1. The first-order chi connectivity index (χ1) is 19.5. The Bertz CT molecular complexity index is 1540. The van der Waals surface area contributed by atoms with E-state index in [0.717, 1.165) is 36.2 Å². The lowest BCUT2D eigenvalue weighted by Gasteiger charge is -2.35. The average Bonchev–Trinajstić information content (AvgIpc) is 3.37. The van der Waals surface area contributed by atoms with Gasteiger partial charge in [0.2, 0.25) is 0 Å². The predicted molar refractivity (Wildman–Crippen MR) is 159 cm³/mol. The molecule has 6 rings (SSSR count). The van der Waals surface area contributed by atoms with Crippen LogP contribution >= 0.6 is 11.3 Å². The Labute approximate surface area is 236 Å². The van der Waals surface area contributed by atoms with E-state index in [0.29, 0.717) is 33.4 Å². The maximum atomic E-state index is 13.2. The van der Waals surface area contributed by atoms with Gasteiger partial charge in [0.05, 0.1) is 23.9 Å². The van der Waals surface area contributed by atoms with E-state index in [1.165, 1.54) is 16.2 Å². The van der Waals surface area contributed by atoms with E-state index < -0.39 is 0 Å². The molecule has 0 bridgehead atoms. The fourth-order valence-electron chi connectivity index (χ4n) is 4.75. The number of aromatic nitrogens is 2. The van der Waals surface area contributed by atoms with Gasteiger partial charge in [-0.3, -0.25) is 4.79 Å². The van der Waals surface area contributed by atoms with E-state index >= 15 is 0 Å². The van der Waals surface area contributed by atoms with Crippen LogP contribution in [0.5, 0.6) is 5.75 Å². The van der Waals surface area contributed by atoms with Crippen LogP contribution in [-0.4, -0.2) is 53.0 Å². The summed E-state index contributed by atoms with van der Waals surface area (Å²) in [6, 6.07) is 16.5. The number of piperidine rings is 1. The number of allylic oxidation sites excluding steroid dienone is 1. The molecule has 1 fully saturated rings. The van der Waals surface area contributed by atoms with Gasteiger partial charge in [0.25, 0.3) is 5.91 Å². The number of hydrogen-bond donors (Lipinski definition) is 2. The second kappa shape index (κ2) is 12.0. The number of nitrogens with zero attached hydrogens (tertiary/aromatic N) is 4. The first-order valence-corrected chi connectivity index (χ1v) is 13.7. The number of pyridine rings is 2. The number of para-hydroxylation sites is 1. The third kappa shape index (κ3) is 5.52. The smallest absolute Gasteiger partial charge is 0.332 e. The van der Waals surface area contributed by atoms with Gasteiger partial charge in [-0.05, 0) is 49.2 Å². The minimum Gasteiger partial charge on any atom is -0.497 e. The minimum atomic E-state index is -0.359. The SMILES string of the molecule is C=CC(=C)N1CCCC(NC(=O)c2sc3nccc4c3c2NC(=O)N4c2ccccn2)C1.COc1ccccc1. The summed E-state index contributed by atoms with van der Waals surface area (Å²) in [4.78, 5) is 39.8. The molecule has 9 nitrogen and oxygen atoms in total. The number of benzene rings is 1. The van der Waals surface area contributed by atoms with Gasteiger partial charge in [-0.25, -0.2) is 19.7 Å². The number of hydrogen-bond acceptors (Lipinski definition) is 7. The normalized spacial score (nSPS) is 15.9. The zero-order chi connectivity index (χ0) is 28.1. The van der Waals surface area contributed by atoms with Crippen LogP contribution in [-0.2, 0) is 0 Å². The number of nitrogens with one attached hydrogen (secondary N) is 2. The molecule has 1 aromatic carbocycles. The van der Waals surface area contributed by atoms with Crippen molar-refractivity contribution >= 4 is 50.7 Å². The summed E-state index contributed by atoms with van der Waals surface area (Å²) < 4.78 is 4.91. The second-order valence-electron chi connectivity index (χ2n) is 9.24. The molecular weight excluding hydrogens is 524 g/mol. The van der Waals surface area contributed by atoms with Gasteiger partial charge in [0.15, 0.2) is 0 Å². The zero-order valence-electron chi connectivity index (χ0n) is 22.2. The zero-order valence-corrected chi connectivity index (χ0v) is 23.0. The lowest BCUT2D eigenvalue weighted by molar-refractivity contribution is 0.0920. The highest BCUT2D eigenvalue weighted by molar-refractivity contribution is 7.21. The van der Waals surface area contributed by atoms with Gasteiger partial charge in [-0.2, -0.15) is 0 Å². The van der Waals surface area contributed by atoms with E-state index in [1.807, 2.05) is 36.4 Å². The molecule has 2 aliphatic heterocycles. The van der Waals surface area contributed by atoms with E-state index in [2.05, 4.69) is 38.7 Å². The molecule has 40 heavy (non-hydrogen) atoms. The fourth-order valence-corrected chi connectivity index (χ4v) is 5.77. The van der Waals surface area contributed by atoms with Crippen molar-refractivity contribution in [2.75, 3.05) is 30.4 Å². The lowest BCUT2D eigenvalue weighted by atomic mass is 10.0. The van der Waals surface area contributed by atoms with Crippen LogP contribution < -0.4 is 20.3 Å². The monoisotopic (exact) mass is 554 g/mol. The maximum Gasteiger partial charge on any atom is 0.332 e. The predicted octanol–water partition coefficient (Wildman–Crippen LogP) is 5.96. The fraction of sp³-hybridized carbons (Fsp3) is 0.200. The van der Waals surface area contributed by atoms with Crippen molar-refractivity contribution in [3.05, 3.63) is 96.8 Å². The molecule has 10 heteroatoms. The number of rotatable bonds is 6. The Balaban J connectivity index is 0.000000348. The van der Waals surface area contributed by atoms with Gasteiger partial charge >= 0.3 is 6.03 Å². The third-order valence-corrected chi connectivity index (χ3v) is 7.80. The molecular formula is C30H30N6O3S. The molecule has 0 aliphatic carbocycles. The van der Waals surface area contributed by atoms with Crippen LogP contribution in [0.15, 0.2) is 91.9 Å². The van der Waals surface area contributed by atoms with Gasteiger partial charge in [0.1, 0.15) is 21.3 Å². The van der Waals surface area contributed by atoms with Gasteiger partial charge in [-0.1, -0.05) is 37.4 Å². The number of likely N-dealkylation sites (tertiary alicyclic amines) is 1. The molecule has 1 atom stereocenters. The second-order valence-corrected chi connectivity index (χ2v) is 10.2. The summed E-state index contributed by atoms with van der Waals surface area (Å²) in [5.41, 5.74) is 2.02. The molecule has 4 aromatic rings. The van der Waals surface area contributed by atoms with Gasteiger partial charge in [0, 0.05) is 37.2 Å². The van der Waals surface area contributed by atoms with Crippen LogP contribution in [0, 0.1) is 0 Å².